The van der Waals surface area contributed by atoms with Crippen LogP contribution in [0.15, 0.2) is 47.0 Å². The number of ketones is 1. The molecule has 2 heterocycles. The fourth-order valence-electron chi connectivity index (χ4n) is 5.27. The number of carbonyl (C=O) groups is 1. The first kappa shape index (κ1) is 43.0. The number of ether oxygens (including phenoxy) is 2. The summed E-state index contributed by atoms with van der Waals surface area (Å²) < 4.78 is 24.9. The Hall–Kier alpha value is -3.01. The highest BCUT2D eigenvalue weighted by molar-refractivity contribution is 6.31. The Labute approximate surface area is 294 Å². The molecule has 270 valence electrons. The molecule has 0 aliphatic carbocycles. The van der Waals surface area contributed by atoms with E-state index >= 15 is 0 Å². The van der Waals surface area contributed by atoms with Crippen LogP contribution in [0.4, 0.5) is 15.9 Å². The molecule has 0 atom stereocenters. The van der Waals surface area contributed by atoms with E-state index in [2.05, 4.69) is 39.6 Å². The minimum absolute atomic E-state index is 0.0370. The van der Waals surface area contributed by atoms with Crippen LogP contribution in [0.3, 0.4) is 0 Å². The Morgan fingerprint density at radius 2 is 1.77 bits per heavy atom. The van der Waals surface area contributed by atoms with Gasteiger partial charge in [0, 0.05) is 36.8 Å². The topological polar surface area (TPSA) is 88.6 Å². The zero-order chi connectivity index (χ0) is 35.9. The van der Waals surface area contributed by atoms with Crippen molar-refractivity contribution in [3.63, 3.8) is 0 Å². The molecule has 3 rings (SSSR count). The maximum absolute atomic E-state index is 13.6. The maximum atomic E-state index is 13.6. The quantitative estimate of drug-likeness (QED) is 0.125. The van der Waals surface area contributed by atoms with Gasteiger partial charge in [-0.2, -0.15) is 5.10 Å². The van der Waals surface area contributed by atoms with E-state index in [1.807, 2.05) is 47.6 Å². The number of carbonyl (C=O) groups excluding carboxylic acids is 1. The second kappa shape index (κ2) is 25.0. The van der Waals surface area contributed by atoms with Gasteiger partial charge in [-0.3, -0.25) is 9.69 Å². The third-order valence-electron chi connectivity index (χ3n) is 7.90. The van der Waals surface area contributed by atoms with Crippen molar-refractivity contribution in [3.05, 3.63) is 69.5 Å². The van der Waals surface area contributed by atoms with Gasteiger partial charge in [0.2, 0.25) is 0 Å². The van der Waals surface area contributed by atoms with Crippen LogP contribution in [-0.4, -0.2) is 59.8 Å². The molecule has 1 fully saturated rings. The number of anilines is 2. The standard InChI is InChI=1S/C25H32ClFN4O2.C11H23NO.C2H6/c1-6-20(30-25-21(7-2)23(14-29-31-25)28-13-17(5)32)12-22(26)24(8-3)33-15-18-11-19(27)10-9-16(18)4;1-3-5-11(6-4-2)12-7-9-13-10-8-12;1-2/h9-12,14H,6-8,13,15H2,1-5H3,(H2,28,30,31);11H,3-10H2,1-2H3;1-2H3/b20-12+,24-22-;;. The number of allylic oxidation sites excluding steroid dienone is 4. The van der Waals surface area contributed by atoms with E-state index in [1.165, 1.54) is 44.7 Å². The largest absolute Gasteiger partial charge is 0.492 e. The summed E-state index contributed by atoms with van der Waals surface area (Å²) in [4.78, 5) is 14.0. The Kier molecular flexibility index (Phi) is 22.4. The number of aryl methyl sites for hydroxylation is 1. The number of nitrogens with one attached hydrogen (secondary N) is 2. The molecule has 1 saturated heterocycles. The van der Waals surface area contributed by atoms with Gasteiger partial charge >= 0.3 is 0 Å². The number of rotatable bonds is 17. The molecule has 0 radical (unpaired) electrons. The van der Waals surface area contributed by atoms with Gasteiger partial charge in [0.15, 0.2) is 5.82 Å². The summed E-state index contributed by atoms with van der Waals surface area (Å²) in [5, 5.41) is 15.2. The highest BCUT2D eigenvalue weighted by atomic mass is 35.5. The molecule has 1 aliphatic rings. The van der Waals surface area contributed by atoms with Crippen LogP contribution in [0.5, 0.6) is 0 Å². The maximum Gasteiger partial charge on any atom is 0.158 e. The van der Waals surface area contributed by atoms with Gasteiger partial charge in [-0.15, -0.1) is 5.10 Å². The molecule has 0 bridgehead atoms. The Balaban J connectivity index is 0.000000638. The molecule has 48 heavy (non-hydrogen) atoms. The Morgan fingerprint density at radius 3 is 2.33 bits per heavy atom. The van der Waals surface area contributed by atoms with Crippen LogP contribution in [0.2, 0.25) is 0 Å². The summed E-state index contributed by atoms with van der Waals surface area (Å²) in [6, 6.07) is 5.46. The number of aromatic nitrogens is 2. The highest BCUT2D eigenvalue weighted by Crippen LogP contribution is 2.26. The number of benzene rings is 1. The summed E-state index contributed by atoms with van der Waals surface area (Å²) in [6.07, 6.45) is 10.7. The smallest absolute Gasteiger partial charge is 0.158 e. The van der Waals surface area contributed by atoms with Crippen molar-refractivity contribution in [2.45, 2.75) is 120 Å². The van der Waals surface area contributed by atoms with Crippen molar-refractivity contribution in [3.8, 4) is 0 Å². The van der Waals surface area contributed by atoms with Crippen LogP contribution in [0.25, 0.3) is 0 Å². The fraction of sp³-hybridized carbons (Fsp3) is 0.605. The van der Waals surface area contributed by atoms with Gasteiger partial charge in [0.1, 0.15) is 24.0 Å². The van der Waals surface area contributed by atoms with E-state index < -0.39 is 0 Å². The van der Waals surface area contributed by atoms with Crippen molar-refractivity contribution in [2.24, 2.45) is 0 Å². The van der Waals surface area contributed by atoms with Crippen LogP contribution >= 0.6 is 11.6 Å². The third kappa shape index (κ3) is 15.5. The Bertz CT molecular complexity index is 1270. The van der Waals surface area contributed by atoms with Crippen molar-refractivity contribution in [2.75, 3.05) is 43.5 Å². The fourth-order valence-corrected chi connectivity index (χ4v) is 5.59. The minimum atomic E-state index is -0.294. The monoisotopic (exact) mass is 689 g/mol. The number of hydrogen-bond acceptors (Lipinski definition) is 8. The number of halogens is 2. The molecule has 0 unspecified atom stereocenters. The first-order valence-electron chi connectivity index (χ1n) is 17.8. The predicted octanol–water partition coefficient (Wildman–Crippen LogP) is 9.58. The zero-order valence-corrected chi connectivity index (χ0v) is 31.7. The highest BCUT2D eigenvalue weighted by Gasteiger charge is 2.19. The lowest BCUT2D eigenvalue weighted by atomic mass is 10.0. The lowest BCUT2D eigenvalue weighted by Gasteiger charge is -2.34. The van der Waals surface area contributed by atoms with Crippen molar-refractivity contribution >= 4 is 28.9 Å². The molecule has 1 aliphatic heterocycles. The molecule has 0 amide bonds. The van der Waals surface area contributed by atoms with Crippen molar-refractivity contribution in [1.82, 2.24) is 15.1 Å². The molecular formula is C38H61ClFN5O3. The number of morpholine rings is 1. The lowest BCUT2D eigenvalue weighted by molar-refractivity contribution is -0.115. The van der Waals surface area contributed by atoms with E-state index in [-0.39, 0.29) is 24.8 Å². The molecule has 1 aromatic heterocycles. The second-order valence-electron chi connectivity index (χ2n) is 11.5. The van der Waals surface area contributed by atoms with Crippen molar-refractivity contribution in [1.29, 1.82) is 0 Å². The SMILES string of the molecule is CC.CC/C(OCc1cc(F)ccc1C)=C(Cl)\C=C(/CC)Nc1nncc(NCC(C)=O)c1CC.CCCC(CCC)N1CCOCC1. The van der Waals surface area contributed by atoms with Gasteiger partial charge in [-0.25, -0.2) is 4.39 Å². The van der Waals surface area contributed by atoms with Crippen LogP contribution in [0.1, 0.15) is 111 Å². The number of Topliss-reactive ketones (excluding diaryl/α,β-unsaturated/α-hetero) is 1. The summed E-state index contributed by atoms with van der Waals surface area (Å²) in [7, 11) is 0. The van der Waals surface area contributed by atoms with Gasteiger partial charge in [-0.1, -0.05) is 79.0 Å². The summed E-state index contributed by atoms with van der Waals surface area (Å²) in [5.41, 5.74) is 4.27. The number of hydrogen-bond donors (Lipinski definition) is 2. The minimum Gasteiger partial charge on any atom is -0.492 e. The van der Waals surface area contributed by atoms with Gasteiger partial charge in [0.05, 0.1) is 36.7 Å². The van der Waals surface area contributed by atoms with Crippen LogP contribution in [-0.2, 0) is 27.3 Å². The first-order valence-corrected chi connectivity index (χ1v) is 18.2. The third-order valence-corrected chi connectivity index (χ3v) is 8.22. The average Bonchev–Trinajstić information content (AvgIpc) is 3.10. The molecule has 2 N–H and O–H groups in total. The van der Waals surface area contributed by atoms with Gasteiger partial charge in [-0.05, 0) is 68.9 Å². The van der Waals surface area contributed by atoms with Crippen LogP contribution < -0.4 is 10.6 Å². The lowest BCUT2D eigenvalue weighted by Crippen LogP contribution is -2.43. The van der Waals surface area contributed by atoms with E-state index in [9.17, 15) is 9.18 Å². The molecule has 0 spiro atoms. The normalized spacial score (nSPS) is 13.9. The van der Waals surface area contributed by atoms with Gasteiger partial charge in [0.25, 0.3) is 0 Å². The van der Waals surface area contributed by atoms with Crippen LogP contribution in [0, 0.1) is 12.7 Å². The van der Waals surface area contributed by atoms with E-state index in [0.717, 1.165) is 60.4 Å². The second-order valence-corrected chi connectivity index (χ2v) is 11.9. The zero-order valence-electron chi connectivity index (χ0n) is 31.0. The molecule has 0 saturated carbocycles. The molecule has 8 nitrogen and oxygen atoms in total. The number of nitrogens with zero attached hydrogens (tertiary/aromatic N) is 3. The predicted molar refractivity (Wildman–Crippen MR) is 199 cm³/mol. The van der Waals surface area contributed by atoms with E-state index in [1.54, 1.807) is 12.3 Å². The van der Waals surface area contributed by atoms with E-state index in [0.29, 0.717) is 35.9 Å². The molecule has 2 aromatic rings. The summed E-state index contributed by atoms with van der Waals surface area (Å²) in [5.74, 6) is 0.970. The molecule has 10 heteroatoms. The van der Waals surface area contributed by atoms with E-state index in [4.69, 9.17) is 21.1 Å². The summed E-state index contributed by atoms with van der Waals surface area (Å²) in [6.45, 7) is 22.6. The average molecular weight is 690 g/mol. The Morgan fingerprint density at radius 1 is 1.10 bits per heavy atom. The molecule has 1 aromatic carbocycles. The van der Waals surface area contributed by atoms with Crippen molar-refractivity contribution < 1.29 is 18.7 Å². The first-order chi connectivity index (χ1) is 23.2. The van der Waals surface area contributed by atoms with Gasteiger partial charge < -0.3 is 20.1 Å². The summed E-state index contributed by atoms with van der Waals surface area (Å²) >= 11 is 6.59. The molecular weight excluding hydrogens is 629 g/mol.